The summed E-state index contributed by atoms with van der Waals surface area (Å²) in [5, 5.41) is 6.85. The fourth-order valence-corrected chi connectivity index (χ4v) is 4.60. The average Bonchev–Trinajstić information content (AvgIpc) is 2.84. The third-order valence-corrected chi connectivity index (χ3v) is 6.56. The van der Waals surface area contributed by atoms with Crippen molar-refractivity contribution in [1.82, 2.24) is 20.2 Å². The third-order valence-electron chi connectivity index (χ3n) is 6.56. The number of ether oxygens (including phenoxy) is 1. The van der Waals surface area contributed by atoms with Crippen molar-refractivity contribution in [1.29, 1.82) is 0 Å². The van der Waals surface area contributed by atoms with Gasteiger partial charge in [0.25, 0.3) is 0 Å². The van der Waals surface area contributed by atoms with Gasteiger partial charge in [0.15, 0.2) is 5.60 Å². The smallest absolute Gasteiger partial charge is 0.227 e. The molecule has 2 aliphatic rings. The quantitative estimate of drug-likeness (QED) is 0.599. The fourth-order valence-electron chi connectivity index (χ4n) is 4.60. The number of rotatable bonds is 6. The van der Waals surface area contributed by atoms with Crippen LogP contribution in [0.3, 0.4) is 0 Å². The van der Waals surface area contributed by atoms with Crippen LogP contribution in [0.5, 0.6) is 5.75 Å². The van der Waals surface area contributed by atoms with Crippen LogP contribution in [-0.2, 0) is 5.60 Å². The van der Waals surface area contributed by atoms with E-state index in [0.29, 0.717) is 5.95 Å². The second kappa shape index (κ2) is 9.00. The SMILES string of the molecule is CN(C)CCN(C)c1ccc(Nc2ncc3c(n2)C2(CCNCC2)Oc2ccccc2-3)cc1. The van der Waals surface area contributed by atoms with E-state index >= 15 is 0 Å². The lowest BCUT2D eigenvalue weighted by atomic mass is 9.82. The summed E-state index contributed by atoms with van der Waals surface area (Å²) in [4.78, 5) is 14.1. The zero-order valence-electron chi connectivity index (χ0n) is 19.6. The minimum atomic E-state index is -0.409. The van der Waals surface area contributed by atoms with E-state index in [1.165, 1.54) is 5.69 Å². The Bertz CT molecular complexity index is 1110. The van der Waals surface area contributed by atoms with Crippen LogP contribution in [0.15, 0.2) is 54.7 Å². The highest BCUT2D eigenvalue weighted by atomic mass is 16.5. The Kier molecular flexibility index (Phi) is 5.91. The summed E-state index contributed by atoms with van der Waals surface area (Å²) in [6, 6.07) is 16.6. The largest absolute Gasteiger partial charge is 0.480 e. The Morgan fingerprint density at radius 2 is 1.73 bits per heavy atom. The van der Waals surface area contributed by atoms with Crippen molar-refractivity contribution in [2.45, 2.75) is 18.4 Å². The number of likely N-dealkylation sites (N-methyl/N-ethyl adjacent to an activating group) is 2. The normalized spacial score (nSPS) is 16.1. The first-order valence-electron chi connectivity index (χ1n) is 11.6. The number of fused-ring (bicyclic) bond motifs is 4. The van der Waals surface area contributed by atoms with Gasteiger partial charge in [-0.2, -0.15) is 0 Å². The van der Waals surface area contributed by atoms with Crippen molar-refractivity contribution in [3.8, 4) is 16.9 Å². The molecule has 2 N–H and O–H groups in total. The van der Waals surface area contributed by atoms with Gasteiger partial charge in [-0.15, -0.1) is 0 Å². The van der Waals surface area contributed by atoms with Crippen LogP contribution in [0.2, 0.25) is 0 Å². The van der Waals surface area contributed by atoms with Crippen LogP contribution in [0.4, 0.5) is 17.3 Å². The number of piperidine rings is 1. The maximum atomic E-state index is 6.61. The highest BCUT2D eigenvalue weighted by Crippen LogP contribution is 2.47. The molecular formula is C26H32N6O. The Hall–Kier alpha value is -3.16. The molecule has 33 heavy (non-hydrogen) atoms. The van der Waals surface area contributed by atoms with Crippen LogP contribution in [0.25, 0.3) is 11.1 Å². The van der Waals surface area contributed by atoms with Gasteiger partial charge in [-0.25, -0.2) is 9.97 Å². The summed E-state index contributed by atoms with van der Waals surface area (Å²) in [5.74, 6) is 1.52. The van der Waals surface area contributed by atoms with Gasteiger partial charge in [-0.1, -0.05) is 18.2 Å². The first-order chi connectivity index (χ1) is 16.0. The van der Waals surface area contributed by atoms with Crippen LogP contribution < -0.4 is 20.3 Å². The molecule has 1 fully saturated rings. The van der Waals surface area contributed by atoms with Gasteiger partial charge in [0, 0.05) is 61.7 Å². The van der Waals surface area contributed by atoms with E-state index in [-0.39, 0.29) is 0 Å². The van der Waals surface area contributed by atoms with E-state index in [9.17, 15) is 0 Å². The molecule has 2 aromatic carbocycles. The van der Waals surface area contributed by atoms with E-state index < -0.39 is 5.60 Å². The number of nitrogens with one attached hydrogen (secondary N) is 2. The van der Waals surface area contributed by atoms with Gasteiger partial charge in [0.05, 0.1) is 5.69 Å². The highest BCUT2D eigenvalue weighted by Gasteiger charge is 2.43. The minimum Gasteiger partial charge on any atom is -0.480 e. The molecule has 1 saturated heterocycles. The second-order valence-corrected chi connectivity index (χ2v) is 9.20. The fraction of sp³-hybridized carbons (Fsp3) is 0.385. The third kappa shape index (κ3) is 4.38. The molecule has 0 bridgehead atoms. The molecule has 172 valence electrons. The molecule has 7 nitrogen and oxygen atoms in total. The predicted molar refractivity (Wildman–Crippen MR) is 133 cm³/mol. The lowest BCUT2D eigenvalue weighted by Crippen LogP contribution is -2.46. The van der Waals surface area contributed by atoms with E-state index in [2.05, 4.69) is 76.9 Å². The number of anilines is 3. The summed E-state index contributed by atoms with van der Waals surface area (Å²) >= 11 is 0. The Morgan fingerprint density at radius 3 is 2.48 bits per heavy atom. The van der Waals surface area contributed by atoms with Gasteiger partial charge in [-0.05, 0) is 57.5 Å². The molecular weight excluding hydrogens is 412 g/mol. The van der Waals surface area contributed by atoms with Crippen molar-refractivity contribution in [2.24, 2.45) is 0 Å². The molecule has 0 atom stereocenters. The first kappa shape index (κ1) is 21.7. The number of hydrogen-bond acceptors (Lipinski definition) is 7. The van der Waals surface area contributed by atoms with Crippen LogP contribution in [0.1, 0.15) is 18.5 Å². The maximum Gasteiger partial charge on any atom is 0.227 e. The van der Waals surface area contributed by atoms with E-state index in [1.807, 2.05) is 24.4 Å². The Balaban J connectivity index is 1.40. The topological polar surface area (TPSA) is 65.5 Å². The van der Waals surface area contributed by atoms with Crippen LogP contribution in [-0.4, -0.2) is 62.2 Å². The molecule has 7 heteroatoms. The van der Waals surface area contributed by atoms with Gasteiger partial charge in [-0.3, -0.25) is 0 Å². The number of nitrogens with zero attached hydrogens (tertiary/aromatic N) is 4. The zero-order valence-corrected chi connectivity index (χ0v) is 19.6. The van der Waals surface area contributed by atoms with Crippen molar-refractivity contribution >= 4 is 17.3 Å². The highest BCUT2D eigenvalue weighted by molar-refractivity contribution is 5.75. The first-order valence-corrected chi connectivity index (χ1v) is 11.6. The summed E-state index contributed by atoms with van der Waals surface area (Å²) < 4.78 is 6.61. The number of aromatic nitrogens is 2. The molecule has 1 aromatic heterocycles. The molecule has 5 rings (SSSR count). The summed E-state index contributed by atoms with van der Waals surface area (Å²) in [5.41, 5.74) is 4.87. The van der Waals surface area contributed by atoms with Crippen molar-refractivity contribution in [2.75, 3.05) is 57.5 Å². The standard InChI is InChI=1S/C26H32N6O/c1-31(2)16-17-32(3)20-10-8-19(9-11-20)29-25-28-18-22-21-6-4-5-7-23(21)33-26(24(22)30-25)12-14-27-15-13-26/h4-11,18,27H,12-17H2,1-3H3,(H,28,29,30). The second-order valence-electron chi connectivity index (χ2n) is 9.20. The molecule has 0 amide bonds. The summed E-state index contributed by atoms with van der Waals surface area (Å²) in [6.45, 7) is 3.82. The summed E-state index contributed by atoms with van der Waals surface area (Å²) in [7, 11) is 6.31. The molecule has 1 spiro atoms. The van der Waals surface area contributed by atoms with E-state index in [1.54, 1.807) is 0 Å². The molecule has 0 saturated carbocycles. The molecule has 0 aliphatic carbocycles. The number of para-hydroxylation sites is 1. The van der Waals surface area contributed by atoms with Gasteiger partial charge < -0.3 is 25.2 Å². The Morgan fingerprint density at radius 1 is 0.970 bits per heavy atom. The van der Waals surface area contributed by atoms with Gasteiger partial charge in [0.1, 0.15) is 5.75 Å². The van der Waals surface area contributed by atoms with Crippen molar-refractivity contribution in [3.05, 3.63) is 60.4 Å². The van der Waals surface area contributed by atoms with E-state index in [0.717, 1.165) is 67.3 Å². The monoisotopic (exact) mass is 444 g/mol. The zero-order chi connectivity index (χ0) is 22.8. The van der Waals surface area contributed by atoms with Crippen LogP contribution >= 0.6 is 0 Å². The lowest BCUT2D eigenvalue weighted by Gasteiger charge is -2.41. The molecule has 3 aromatic rings. The van der Waals surface area contributed by atoms with E-state index in [4.69, 9.17) is 9.72 Å². The Labute approximate surface area is 195 Å². The summed E-state index contributed by atoms with van der Waals surface area (Å²) in [6.07, 6.45) is 3.72. The molecule has 3 heterocycles. The molecule has 2 aliphatic heterocycles. The van der Waals surface area contributed by atoms with Crippen molar-refractivity contribution < 1.29 is 4.74 Å². The maximum absolute atomic E-state index is 6.61. The van der Waals surface area contributed by atoms with Gasteiger partial charge in [0.2, 0.25) is 5.95 Å². The number of benzene rings is 2. The van der Waals surface area contributed by atoms with Crippen molar-refractivity contribution in [3.63, 3.8) is 0 Å². The lowest BCUT2D eigenvalue weighted by molar-refractivity contribution is 0.0265. The average molecular weight is 445 g/mol. The molecule has 0 radical (unpaired) electrons. The predicted octanol–water partition coefficient (Wildman–Crippen LogP) is 3.86. The minimum absolute atomic E-state index is 0.409. The van der Waals surface area contributed by atoms with Gasteiger partial charge >= 0.3 is 0 Å². The number of hydrogen-bond donors (Lipinski definition) is 2. The molecule has 0 unspecified atom stereocenters. The van der Waals surface area contributed by atoms with Crippen LogP contribution in [0, 0.1) is 0 Å².